The smallest absolute Gasteiger partial charge is 0.124 e. The van der Waals surface area contributed by atoms with Crippen molar-refractivity contribution in [3.05, 3.63) is 71.8 Å². The molecule has 2 aromatic rings. The zero-order valence-corrected chi connectivity index (χ0v) is 11.4. The molecular formula is C18H20O. The molecule has 98 valence electrons. The summed E-state index contributed by atoms with van der Waals surface area (Å²) in [6, 6.07) is 21.2. The molecule has 1 fully saturated rings. The largest absolute Gasteiger partial charge is 0.356 e. The molecule has 1 nitrogen and oxygen atoms in total. The maximum Gasteiger partial charge on any atom is 0.124 e. The maximum atomic E-state index is 6.18. The molecule has 2 unspecified atom stereocenters. The zero-order valence-electron chi connectivity index (χ0n) is 11.4. The van der Waals surface area contributed by atoms with Crippen LogP contribution in [-0.2, 0) is 10.3 Å². The Morgan fingerprint density at radius 3 is 2.21 bits per heavy atom. The number of rotatable bonds is 5. The van der Waals surface area contributed by atoms with Crippen molar-refractivity contribution in [3.63, 3.8) is 0 Å². The highest BCUT2D eigenvalue weighted by Gasteiger charge is 2.57. The third-order valence-electron chi connectivity index (χ3n) is 3.96. The fourth-order valence-electron chi connectivity index (χ4n) is 2.85. The van der Waals surface area contributed by atoms with Crippen LogP contribution in [0, 0.1) is 0 Å². The molecule has 1 heteroatoms. The van der Waals surface area contributed by atoms with Gasteiger partial charge in [-0.05, 0) is 17.5 Å². The fourth-order valence-corrected chi connectivity index (χ4v) is 2.85. The van der Waals surface area contributed by atoms with Crippen LogP contribution in [0.5, 0.6) is 0 Å². The lowest BCUT2D eigenvalue weighted by atomic mass is 9.87. The molecule has 1 heterocycles. The number of unbranched alkanes of at least 4 members (excludes halogenated alkanes) is 1. The Balaban J connectivity index is 1.89. The molecule has 2 atom stereocenters. The van der Waals surface area contributed by atoms with Crippen LogP contribution in [0.25, 0.3) is 0 Å². The molecule has 0 spiro atoms. The van der Waals surface area contributed by atoms with E-state index in [-0.39, 0.29) is 11.7 Å². The minimum atomic E-state index is -0.0847. The molecular weight excluding hydrogens is 232 g/mol. The summed E-state index contributed by atoms with van der Waals surface area (Å²) in [5.41, 5.74) is 2.53. The van der Waals surface area contributed by atoms with Crippen molar-refractivity contribution in [2.45, 2.75) is 37.9 Å². The van der Waals surface area contributed by atoms with Gasteiger partial charge in [0.2, 0.25) is 0 Å². The number of hydrogen-bond acceptors (Lipinski definition) is 1. The quantitative estimate of drug-likeness (QED) is 0.693. The van der Waals surface area contributed by atoms with E-state index in [1.807, 2.05) is 0 Å². The Morgan fingerprint density at radius 1 is 0.947 bits per heavy atom. The van der Waals surface area contributed by atoms with E-state index in [1.54, 1.807) is 0 Å². The van der Waals surface area contributed by atoms with E-state index in [4.69, 9.17) is 4.74 Å². The van der Waals surface area contributed by atoms with Crippen LogP contribution in [0.1, 0.15) is 43.4 Å². The van der Waals surface area contributed by atoms with Crippen LogP contribution in [0.4, 0.5) is 0 Å². The Kier molecular flexibility index (Phi) is 3.39. The Bertz CT molecular complexity index is 520. The highest BCUT2D eigenvalue weighted by molar-refractivity contribution is 5.35. The van der Waals surface area contributed by atoms with Gasteiger partial charge in [0.1, 0.15) is 11.7 Å². The molecule has 0 N–H and O–H groups in total. The van der Waals surface area contributed by atoms with E-state index in [0.717, 1.165) is 6.42 Å². The zero-order chi connectivity index (χ0) is 13.1. The first kappa shape index (κ1) is 12.4. The first-order valence-corrected chi connectivity index (χ1v) is 7.15. The molecule has 1 aliphatic rings. The standard InChI is InChI=1S/C18H20O/c1-2-3-14-18(16-12-8-5-9-13-16)17(19-18)15-10-6-4-7-11-15/h4-13,17H,2-3,14H2,1H3. The fraction of sp³-hybridized carbons (Fsp3) is 0.333. The third-order valence-corrected chi connectivity index (χ3v) is 3.96. The minimum absolute atomic E-state index is 0.0847. The molecule has 19 heavy (non-hydrogen) atoms. The molecule has 0 saturated carbocycles. The van der Waals surface area contributed by atoms with Gasteiger partial charge in [0.25, 0.3) is 0 Å². The molecule has 0 aliphatic carbocycles. The van der Waals surface area contributed by atoms with Crippen molar-refractivity contribution in [3.8, 4) is 0 Å². The average molecular weight is 252 g/mol. The number of ether oxygens (including phenoxy) is 1. The maximum absolute atomic E-state index is 6.18. The first-order chi connectivity index (χ1) is 9.37. The van der Waals surface area contributed by atoms with Crippen LogP contribution < -0.4 is 0 Å². The van der Waals surface area contributed by atoms with Gasteiger partial charge < -0.3 is 4.74 Å². The summed E-state index contributed by atoms with van der Waals surface area (Å²) >= 11 is 0. The van der Waals surface area contributed by atoms with Gasteiger partial charge in [-0.25, -0.2) is 0 Å². The highest BCUT2D eigenvalue weighted by atomic mass is 16.6. The summed E-state index contributed by atoms with van der Waals surface area (Å²) in [7, 11) is 0. The van der Waals surface area contributed by atoms with E-state index < -0.39 is 0 Å². The molecule has 3 rings (SSSR count). The topological polar surface area (TPSA) is 12.5 Å². The van der Waals surface area contributed by atoms with Gasteiger partial charge in [-0.15, -0.1) is 0 Å². The van der Waals surface area contributed by atoms with E-state index in [9.17, 15) is 0 Å². The summed E-state index contributed by atoms with van der Waals surface area (Å²) in [6.45, 7) is 2.23. The van der Waals surface area contributed by atoms with Crippen molar-refractivity contribution in [1.29, 1.82) is 0 Å². The van der Waals surface area contributed by atoms with Crippen LogP contribution in [-0.4, -0.2) is 0 Å². The van der Waals surface area contributed by atoms with Crippen LogP contribution in [0.2, 0.25) is 0 Å². The van der Waals surface area contributed by atoms with E-state index in [1.165, 1.54) is 24.0 Å². The summed E-state index contributed by atoms with van der Waals surface area (Å²) in [5.74, 6) is 0. The average Bonchev–Trinajstić information content (AvgIpc) is 3.23. The first-order valence-electron chi connectivity index (χ1n) is 7.15. The number of hydrogen-bond donors (Lipinski definition) is 0. The molecule has 0 amide bonds. The van der Waals surface area contributed by atoms with Gasteiger partial charge in [0, 0.05) is 0 Å². The highest BCUT2D eigenvalue weighted by Crippen LogP contribution is 2.59. The molecule has 1 saturated heterocycles. The lowest BCUT2D eigenvalue weighted by Gasteiger charge is -2.13. The predicted octanol–water partition coefficient (Wildman–Crippen LogP) is 4.84. The van der Waals surface area contributed by atoms with Gasteiger partial charge in [-0.3, -0.25) is 0 Å². The van der Waals surface area contributed by atoms with Gasteiger partial charge >= 0.3 is 0 Å². The van der Waals surface area contributed by atoms with E-state index in [0.29, 0.717) is 0 Å². The lowest BCUT2D eigenvalue weighted by molar-refractivity contribution is 0.278. The number of epoxide rings is 1. The second-order valence-corrected chi connectivity index (χ2v) is 5.27. The van der Waals surface area contributed by atoms with E-state index >= 15 is 0 Å². The van der Waals surface area contributed by atoms with Crippen LogP contribution in [0.15, 0.2) is 60.7 Å². The second kappa shape index (κ2) is 5.18. The van der Waals surface area contributed by atoms with Crippen LogP contribution >= 0.6 is 0 Å². The van der Waals surface area contributed by atoms with Crippen molar-refractivity contribution < 1.29 is 4.74 Å². The van der Waals surface area contributed by atoms with Crippen molar-refractivity contribution in [2.75, 3.05) is 0 Å². The Labute approximate surface area is 115 Å². The molecule has 0 aromatic heterocycles. The van der Waals surface area contributed by atoms with E-state index in [2.05, 4.69) is 67.6 Å². The third kappa shape index (κ3) is 2.31. The molecule has 1 aliphatic heterocycles. The summed E-state index contributed by atoms with van der Waals surface area (Å²) in [5, 5.41) is 0. The lowest BCUT2D eigenvalue weighted by Crippen LogP contribution is -2.10. The van der Waals surface area contributed by atoms with Crippen molar-refractivity contribution in [2.24, 2.45) is 0 Å². The minimum Gasteiger partial charge on any atom is -0.356 e. The number of benzene rings is 2. The second-order valence-electron chi connectivity index (χ2n) is 5.27. The van der Waals surface area contributed by atoms with Gasteiger partial charge in [-0.1, -0.05) is 80.4 Å². The SMILES string of the molecule is CCCCC1(c2ccccc2)OC1c1ccccc1. The van der Waals surface area contributed by atoms with Crippen molar-refractivity contribution >= 4 is 0 Å². The monoisotopic (exact) mass is 252 g/mol. The molecule has 2 aromatic carbocycles. The Hall–Kier alpha value is -1.60. The van der Waals surface area contributed by atoms with Gasteiger partial charge in [-0.2, -0.15) is 0 Å². The van der Waals surface area contributed by atoms with Gasteiger partial charge in [0.15, 0.2) is 0 Å². The van der Waals surface area contributed by atoms with Crippen LogP contribution in [0.3, 0.4) is 0 Å². The summed E-state index contributed by atoms with van der Waals surface area (Å²) < 4.78 is 6.18. The van der Waals surface area contributed by atoms with Crippen molar-refractivity contribution in [1.82, 2.24) is 0 Å². The summed E-state index contributed by atoms with van der Waals surface area (Å²) in [4.78, 5) is 0. The Morgan fingerprint density at radius 2 is 1.58 bits per heavy atom. The predicted molar refractivity (Wildman–Crippen MR) is 77.9 cm³/mol. The molecule has 0 bridgehead atoms. The van der Waals surface area contributed by atoms with Gasteiger partial charge in [0.05, 0.1) is 0 Å². The normalized spacial score (nSPS) is 25.2. The summed E-state index contributed by atoms with van der Waals surface area (Å²) in [6.07, 6.45) is 3.74. The molecule has 0 radical (unpaired) electrons.